The monoisotopic (exact) mass is 271 g/mol. The zero-order valence-electron chi connectivity index (χ0n) is 11.4. The Morgan fingerprint density at radius 2 is 2.06 bits per heavy atom. The summed E-state index contributed by atoms with van der Waals surface area (Å²) >= 11 is 1.26. The number of carbonyl (C=O) groups excluding carboxylic acids is 1. The summed E-state index contributed by atoms with van der Waals surface area (Å²) in [4.78, 5) is 15.9. The van der Waals surface area contributed by atoms with Crippen molar-refractivity contribution >= 4 is 28.3 Å². The predicted molar refractivity (Wildman–Crippen MR) is 76.4 cm³/mol. The van der Waals surface area contributed by atoms with Crippen LogP contribution < -0.4 is 16.0 Å². The van der Waals surface area contributed by atoms with Gasteiger partial charge >= 0.3 is 0 Å². The predicted octanol–water partition coefficient (Wildman–Crippen LogP) is 0.473. The summed E-state index contributed by atoms with van der Waals surface area (Å²) in [7, 11) is 7.63. The van der Waals surface area contributed by atoms with Crippen LogP contribution in [0, 0.1) is 0 Å². The van der Waals surface area contributed by atoms with Gasteiger partial charge in [0.15, 0.2) is 5.82 Å². The van der Waals surface area contributed by atoms with Crippen LogP contribution in [0.25, 0.3) is 0 Å². The van der Waals surface area contributed by atoms with Gasteiger partial charge in [0.05, 0.1) is 0 Å². The lowest BCUT2D eigenvalue weighted by Gasteiger charge is -2.19. The Hall–Kier alpha value is -1.34. The molecule has 0 unspecified atom stereocenters. The maximum absolute atomic E-state index is 11.7. The van der Waals surface area contributed by atoms with Crippen molar-refractivity contribution in [3.05, 3.63) is 5.56 Å². The number of nitrogen functional groups attached to an aromatic ring is 1. The van der Waals surface area contributed by atoms with E-state index in [1.807, 2.05) is 26.0 Å². The lowest BCUT2D eigenvalue weighted by molar-refractivity contribution is 0.0964. The fourth-order valence-electron chi connectivity index (χ4n) is 1.62. The summed E-state index contributed by atoms with van der Waals surface area (Å²) in [6, 6.07) is 0. The first-order valence-corrected chi connectivity index (χ1v) is 6.57. The van der Waals surface area contributed by atoms with E-state index in [2.05, 4.69) is 14.6 Å². The fourth-order valence-corrected chi connectivity index (χ4v) is 2.41. The van der Waals surface area contributed by atoms with Crippen molar-refractivity contribution in [3.63, 3.8) is 0 Å². The SMILES string of the molecule is CNC(=O)c1c(N)nsc1N(C)CCCN(C)C. The van der Waals surface area contributed by atoms with Gasteiger partial charge in [0.1, 0.15) is 10.6 Å². The summed E-state index contributed by atoms with van der Waals surface area (Å²) in [5.74, 6) is 0.115. The van der Waals surface area contributed by atoms with Crippen molar-refractivity contribution < 1.29 is 4.79 Å². The van der Waals surface area contributed by atoms with Gasteiger partial charge in [0, 0.05) is 20.6 Å². The van der Waals surface area contributed by atoms with Gasteiger partial charge in [-0.3, -0.25) is 4.79 Å². The zero-order chi connectivity index (χ0) is 13.7. The summed E-state index contributed by atoms with van der Waals surface area (Å²) in [6.45, 7) is 1.87. The number of amides is 1. The highest BCUT2D eigenvalue weighted by Gasteiger charge is 2.20. The van der Waals surface area contributed by atoms with Crippen molar-refractivity contribution in [2.45, 2.75) is 6.42 Å². The third-order valence-electron chi connectivity index (χ3n) is 2.60. The molecule has 0 atom stereocenters. The molecule has 102 valence electrons. The molecule has 0 saturated carbocycles. The number of carbonyl (C=O) groups is 1. The summed E-state index contributed by atoms with van der Waals surface area (Å²) in [6.07, 6.45) is 1.02. The number of rotatable bonds is 6. The Kier molecular flexibility index (Phi) is 5.36. The first-order valence-electron chi connectivity index (χ1n) is 5.80. The molecule has 1 rings (SSSR count). The van der Waals surface area contributed by atoms with Crippen LogP contribution in [0.5, 0.6) is 0 Å². The van der Waals surface area contributed by atoms with Crippen LogP contribution in [0.2, 0.25) is 0 Å². The second kappa shape index (κ2) is 6.55. The van der Waals surface area contributed by atoms with Gasteiger partial charge in [-0.15, -0.1) is 0 Å². The van der Waals surface area contributed by atoms with Crippen LogP contribution in [0.1, 0.15) is 16.8 Å². The van der Waals surface area contributed by atoms with Crippen LogP contribution in [0.4, 0.5) is 10.8 Å². The highest BCUT2D eigenvalue weighted by molar-refractivity contribution is 7.11. The molecule has 0 bridgehead atoms. The van der Waals surface area contributed by atoms with E-state index in [1.165, 1.54) is 11.5 Å². The van der Waals surface area contributed by atoms with Gasteiger partial charge in [-0.1, -0.05) is 0 Å². The van der Waals surface area contributed by atoms with Crippen molar-refractivity contribution in [1.29, 1.82) is 0 Å². The van der Waals surface area contributed by atoms with Gasteiger partial charge in [0.2, 0.25) is 0 Å². The van der Waals surface area contributed by atoms with Gasteiger partial charge in [-0.05, 0) is 38.6 Å². The van der Waals surface area contributed by atoms with E-state index in [4.69, 9.17) is 5.73 Å². The number of hydrogen-bond donors (Lipinski definition) is 2. The molecule has 6 nitrogen and oxygen atoms in total. The number of anilines is 2. The summed E-state index contributed by atoms with van der Waals surface area (Å²) < 4.78 is 4.06. The Labute approximate surface area is 112 Å². The van der Waals surface area contributed by atoms with Crippen molar-refractivity contribution in [2.24, 2.45) is 0 Å². The molecule has 0 radical (unpaired) electrons. The molecular weight excluding hydrogens is 250 g/mol. The van der Waals surface area contributed by atoms with E-state index < -0.39 is 0 Å². The molecule has 1 aromatic heterocycles. The Morgan fingerprint density at radius 3 is 2.61 bits per heavy atom. The van der Waals surface area contributed by atoms with Crippen molar-refractivity contribution in [1.82, 2.24) is 14.6 Å². The van der Waals surface area contributed by atoms with E-state index in [1.54, 1.807) is 7.05 Å². The second-order valence-electron chi connectivity index (χ2n) is 4.41. The van der Waals surface area contributed by atoms with Crippen molar-refractivity contribution in [2.75, 3.05) is 51.9 Å². The van der Waals surface area contributed by atoms with Crippen molar-refractivity contribution in [3.8, 4) is 0 Å². The Balaban J connectivity index is 2.73. The average molecular weight is 271 g/mol. The molecule has 0 aliphatic rings. The number of nitrogens with one attached hydrogen (secondary N) is 1. The first-order chi connectivity index (χ1) is 8.47. The minimum absolute atomic E-state index is 0.185. The van der Waals surface area contributed by atoms with Gasteiger partial charge in [0.25, 0.3) is 5.91 Å². The summed E-state index contributed by atoms with van der Waals surface area (Å²) in [5.41, 5.74) is 6.22. The molecule has 1 amide bonds. The number of aromatic nitrogens is 1. The van der Waals surface area contributed by atoms with Gasteiger partial charge < -0.3 is 20.9 Å². The Morgan fingerprint density at radius 1 is 1.39 bits per heavy atom. The molecule has 7 heteroatoms. The molecule has 0 aliphatic carbocycles. The van der Waals surface area contributed by atoms with E-state index in [9.17, 15) is 4.79 Å². The molecule has 0 fully saturated rings. The van der Waals surface area contributed by atoms with Gasteiger partial charge in [-0.2, -0.15) is 4.37 Å². The molecule has 1 heterocycles. The maximum Gasteiger partial charge on any atom is 0.257 e. The molecule has 0 spiro atoms. The number of nitrogens with zero attached hydrogens (tertiary/aromatic N) is 3. The molecule has 0 saturated heterocycles. The van der Waals surface area contributed by atoms with E-state index in [-0.39, 0.29) is 5.91 Å². The topological polar surface area (TPSA) is 74.5 Å². The van der Waals surface area contributed by atoms with Crippen LogP contribution in [-0.2, 0) is 0 Å². The summed E-state index contributed by atoms with van der Waals surface area (Å²) in [5, 5.41) is 3.42. The molecule has 0 aromatic carbocycles. The van der Waals surface area contributed by atoms with Crippen LogP contribution in [-0.4, -0.2) is 56.5 Å². The normalized spacial score (nSPS) is 10.7. The highest BCUT2D eigenvalue weighted by atomic mass is 32.1. The first kappa shape index (κ1) is 14.7. The smallest absolute Gasteiger partial charge is 0.257 e. The van der Waals surface area contributed by atoms with Gasteiger partial charge in [-0.25, -0.2) is 0 Å². The fraction of sp³-hybridized carbons (Fsp3) is 0.636. The van der Waals surface area contributed by atoms with E-state index >= 15 is 0 Å². The molecular formula is C11H21N5OS. The third-order valence-corrected chi connectivity index (χ3v) is 3.58. The quantitative estimate of drug-likeness (QED) is 0.787. The molecule has 1 aromatic rings. The third kappa shape index (κ3) is 3.58. The maximum atomic E-state index is 11.7. The lowest BCUT2D eigenvalue weighted by atomic mass is 10.2. The van der Waals surface area contributed by atoms with Crippen LogP contribution >= 0.6 is 11.5 Å². The minimum Gasteiger partial charge on any atom is -0.382 e. The number of hydrogen-bond acceptors (Lipinski definition) is 6. The standard InChI is InChI=1S/C11H21N5OS/c1-13-10(17)8-9(12)14-18-11(8)16(4)7-5-6-15(2)3/h5-7H2,1-4H3,(H2,12,14)(H,13,17). The van der Waals surface area contributed by atoms with E-state index in [0.717, 1.165) is 24.5 Å². The van der Waals surface area contributed by atoms with E-state index in [0.29, 0.717) is 11.4 Å². The zero-order valence-corrected chi connectivity index (χ0v) is 12.2. The highest BCUT2D eigenvalue weighted by Crippen LogP contribution is 2.29. The molecule has 0 aliphatic heterocycles. The van der Waals surface area contributed by atoms with Crippen LogP contribution in [0.3, 0.4) is 0 Å². The lowest BCUT2D eigenvalue weighted by Crippen LogP contribution is -2.26. The number of nitrogens with two attached hydrogens (primary N) is 1. The second-order valence-corrected chi connectivity index (χ2v) is 5.16. The van der Waals surface area contributed by atoms with Crippen LogP contribution in [0.15, 0.2) is 0 Å². The molecule has 3 N–H and O–H groups in total. The Bertz CT molecular complexity index is 404. The largest absolute Gasteiger partial charge is 0.382 e. The minimum atomic E-state index is -0.185. The average Bonchev–Trinajstić information content (AvgIpc) is 2.69. The molecule has 18 heavy (non-hydrogen) atoms.